The normalized spacial score (nSPS) is 21.5. The summed E-state index contributed by atoms with van der Waals surface area (Å²) in [7, 11) is 0. The largest absolute Gasteiger partial charge is 0.371 e. The smallest absolute Gasteiger partial charge is 0.252 e. The van der Waals surface area contributed by atoms with Gasteiger partial charge in [-0.15, -0.1) is 0 Å². The van der Waals surface area contributed by atoms with Crippen LogP contribution in [0.5, 0.6) is 0 Å². The van der Waals surface area contributed by atoms with Crippen LogP contribution in [0.15, 0.2) is 18.5 Å². The summed E-state index contributed by atoms with van der Waals surface area (Å²) in [6.45, 7) is 2.06. The molecule has 1 aliphatic carbocycles. The van der Waals surface area contributed by atoms with E-state index in [1.165, 1.54) is 25.7 Å². The van der Waals surface area contributed by atoms with Crippen LogP contribution in [0.2, 0.25) is 0 Å². The van der Waals surface area contributed by atoms with Gasteiger partial charge in [-0.1, -0.05) is 0 Å². The van der Waals surface area contributed by atoms with E-state index in [0.717, 1.165) is 18.8 Å². The maximum atomic E-state index is 11.4. The van der Waals surface area contributed by atoms with Crippen molar-refractivity contribution in [2.45, 2.75) is 25.7 Å². The highest BCUT2D eigenvalue weighted by Crippen LogP contribution is 2.53. The first kappa shape index (κ1) is 10.6. The van der Waals surface area contributed by atoms with Gasteiger partial charge in [0.2, 0.25) is 0 Å². The topological polar surface area (TPSA) is 59.2 Å². The number of hydrogen-bond acceptors (Lipinski definition) is 3. The summed E-state index contributed by atoms with van der Waals surface area (Å²) in [5.74, 6) is -0.389. The number of piperidine rings is 1. The number of pyridine rings is 1. The molecule has 4 nitrogen and oxygen atoms in total. The molecule has 2 N–H and O–H groups in total. The first-order valence-electron chi connectivity index (χ1n) is 6.19. The molecule has 1 amide bonds. The van der Waals surface area contributed by atoms with Crippen molar-refractivity contribution in [2.75, 3.05) is 18.0 Å². The molecule has 0 radical (unpaired) electrons. The summed E-state index contributed by atoms with van der Waals surface area (Å²) >= 11 is 0. The molecule has 1 saturated carbocycles. The van der Waals surface area contributed by atoms with Crippen LogP contribution in [0.4, 0.5) is 5.69 Å². The minimum atomic E-state index is -0.389. The number of hydrogen-bond donors (Lipinski definition) is 1. The van der Waals surface area contributed by atoms with Crippen LogP contribution in [0.3, 0.4) is 0 Å². The van der Waals surface area contributed by atoms with Gasteiger partial charge in [0.1, 0.15) is 0 Å². The highest BCUT2D eigenvalue weighted by molar-refractivity contribution is 5.98. The molecule has 1 aromatic rings. The molecule has 1 aromatic heterocycles. The van der Waals surface area contributed by atoms with E-state index in [2.05, 4.69) is 9.88 Å². The predicted molar refractivity (Wildman–Crippen MR) is 65.9 cm³/mol. The second-order valence-corrected chi connectivity index (χ2v) is 5.24. The Hall–Kier alpha value is -1.58. The highest BCUT2D eigenvalue weighted by atomic mass is 16.1. The molecule has 0 atom stereocenters. The average molecular weight is 231 g/mol. The summed E-state index contributed by atoms with van der Waals surface area (Å²) in [4.78, 5) is 17.6. The number of amides is 1. The standard InChI is InChI=1S/C13H17N3O/c14-12(17)10-9-15-6-1-11(10)16-7-4-13(2-3-13)5-8-16/h1,6,9H,2-5,7-8H2,(H2,14,17). The molecule has 4 heteroatoms. The molecule has 3 rings (SSSR count). The molecule has 2 aliphatic rings. The Bertz CT molecular complexity index is 444. The van der Waals surface area contributed by atoms with Crippen LogP contribution in [-0.4, -0.2) is 24.0 Å². The van der Waals surface area contributed by atoms with E-state index in [9.17, 15) is 4.79 Å². The Labute approximate surface area is 101 Å². The number of aromatic nitrogens is 1. The third-order valence-electron chi connectivity index (χ3n) is 4.19. The zero-order valence-electron chi connectivity index (χ0n) is 9.85. The molecule has 1 aliphatic heterocycles. The molecule has 0 aromatic carbocycles. The van der Waals surface area contributed by atoms with Crippen LogP contribution in [0.1, 0.15) is 36.0 Å². The number of anilines is 1. The third-order valence-corrected chi connectivity index (χ3v) is 4.19. The highest BCUT2D eigenvalue weighted by Gasteiger charge is 2.44. The van der Waals surface area contributed by atoms with Crippen molar-refractivity contribution in [2.24, 2.45) is 11.1 Å². The Balaban J connectivity index is 1.82. The SMILES string of the molecule is NC(=O)c1cnccc1N1CCC2(CC1)CC2. The molecule has 90 valence electrons. The van der Waals surface area contributed by atoms with Gasteiger partial charge < -0.3 is 10.6 Å². The number of rotatable bonds is 2. The molecule has 1 saturated heterocycles. The molecule has 2 heterocycles. The quantitative estimate of drug-likeness (QED) is 0.840. The number of primary amides is 1. The molecule has 0 unspecified atom stereocenters. The summed E-state index contributed by atoms with van der Waals surface area (Å²) in [6, 6.07) is 1.89. The monoisotopic (exact) mass is 231 g/mol. The van der Waals surface area contributed by atoms with E-state index in [1.807, 2.05) is 6.07 Å². The minimum Gasteiger partial charge on any atom is -0.371 e. The Morgan fingerprint density at radius 2 is 2.00 bits per heavy atom. The van der Waals surface area contributed by atoms with Crippen molar-refractivity contribution in [1.29, 1.82) is 0 Å². The van der Waals surface area contributed by atoms with Crippen molar-refractivity contribution >= 4 is 11.6 Å². The van der Waals surface area contributed by atoms with Crippen LogP contribution >= 0.6 is 0 Å². The van der Waals surface area contributed by atoms with Gasteiger partial charge in [-0.25, -0.2) is 0 Å². The Morgan fingerprint density at radius 1 is 1.29 bits per heavy atom. The van der Waals surface area contributed by atoms with Gasteiger partial charge in [0.05, 0.1) is 11.3 Å². The van der Waals surface area contributed by atoms with Gasteiger partial charge in [0, 0.05) is 25.5 Å². The van der Waals surface area contributed by atoms with Gasteiger partial charge in [-0.3, -0.25) is 9.78 Å². The summed E-state index contributed by atoms with van der Waals surface area (Å²) in [5.41, 5.74) is 7.52. The fraction of sp³-hybridized carbons (Fsp3) is 0.538. The molecule has 0 bridgehead atoms. The fourth-order valence-electron chi connectivity index (χ4n) is 2.75. The van der Waals surface area contributed by atoms with Gasteiger partial charge in [-0.2, -0.15) is 0 Å². The average Bonchev–Trinajstić information content (AvgIpc) is 3.10. The van der Waals surface area contributed by atoms with Crippen LogP contribution in [0, 0.1) is 5.41 Å². The number of nitrogens with zero attached hydrogens (tertiary/aromatic N) is 2. The van der Waals surface area contributed by atoms with E-state index in [1.54, 1.807) is 12.4 Å². The molecule has 17 heavy (non-hydrogen) atoms. The fourth-order valence-corrected chi connectivity index (χ4v) is 2.75. The van der Waals surface area contributed by atoms with Crippen LogP contribution < -0.4 is 10.6 Å². The summed E-state index contributed by atoms with van der Waals surface area (Å²) in [5, 5.41) is 0. The molecular weight excluding hydrogens is 214 g/mol. The summed E-state index contributed by atoms with van der Waals surface area (Å²) in [6.07, 6.45) is 8.56. The first-order chi connectivity index (χ1) is 8.20. The zero-order valence-corrected chi connectivity index (χ0v) is 9.85. The van der Waals surface area contributed by atoms with Gasteiger partial charge in [0.15, 0.2) is 0 Å². The number of nitrogens with two attached hydrogens (primary N) is 1. The van der Waals surface area contributed by atoms with Gasteiger partial charge in [-0.05, 0) is 37.2 Å². The van der Waals surface area contributed by atoms with Crippen molar-refractivity contribution in [1.82, 2.24) is 4.98 Å². The van der Waals surface area contributed by atoms with E-state index >= 15 is 0 Å². The minimum absolute atomic E-state index is 0.389. The summed E-state index contributed by atoms with van der Waals surface area (Å²) < 4.78 is 0. The lowest BCUT2D eigenvalue weighted by atomic mass is 9.93. The molecular formula is C13H17N3O. The lowest BCUT2D eigenvalue weighted by molar-refractivity contribution is 0.100. The lowest BCUT2D eigenvalue weighted by Gasteiger charge is -2.34. The third kappa shape index (κ3) is 1.88. The molecule has 2 fully saturated rings. The molecule has 1 spiro atoms. The maximum absolute atomic E-state index is 11.4. The predicted octanol–water partition coefficient (Wildman–Crippen LogP) is 1.56. The van der Waals surface area contributed by atoms with E-state index in [0.29, 0.717) is 11.0 Å². The van der Waals surface area contributed by atoms with E-state index in [-0.39, 0.29) is 5.91 Å². The Morgan fingerprint density at radius 3 is 2.59 bits per heavy atom. The van der Waals surface area contributed by atoms with Crippen molar-refractivity contribution in [3.05, 3.63) is 24.0 Å². The zero-order chi connectivity index (χ0) is 11.9. The van der Waals surface area contributed by atoms with Crippen molar-refractivity contribution < 1.29 is 4.79 Å². The van der Waals surface area contributed by atoms with Gasteiger partial charge in [0.25, 0.3) is 5.91 Å². The second-order valence-electron chi connectivity index (χ2n) is 5.24. The van der Waals surface area contributed by atoms with Gasteiger partial charge >= 0.3 is 0 Å². The van der Waals surface area contributed by atoms with Crippen LogP contribution in [-0.2, 0) is 0 Å². The van der Waals surface area contributed by atoms with Crippen LogP contribution in [0.25, 0.3) is 0 Å². The van der Waals surface area contributed by atoms with Crippen molar-refractivity contribution in [3.8, 4) is 0 Å². The number of carbonyl (C=O) groups excluding carboxylic acids is 1. The second kappa shape index (κ2) is 3.72. The number of carbonyl (C=O) groups is 1. The van der Waals surface area contributed by atoms with E-state index in [4.69, 9.17) is 5.73 Å². The lowest BCUT2D eigenvalue weighted by Crippen LogP contribution is -2.35. The first-order valence-corrected chi connectivity index (χ1v) is 6.19. The van der Waals surface area contributed by atoms with Crippen molar-refractivity contribution in [3.63, 3.8) is 0 Å². The Kier molecular flexibility index (Phi) is 2.31. The van der Waals surface area contributed by atoms with E-state index < -0.39 is 0 Å². The maximum Gasteiger partial charge on any atom is 0.252 e.